The molecule has 4 heteroatoms. The van der Waals surface area contributed by atoms with Crippen LogP contribution in [0.1, 0.15) is 28.8 Å². The molecule has 1 aliphatic heterocycles. The molecule has 0 aromatic heterocycles. The maximum atomic E-state index is 12.4. The number of aryl methyl sites for hydroxylation is 1. The van der Waals surface area contributed by atoms with E-state index in [-0.39, 0.29) is 17.3 Å². The van der Waals surface area contributed by atoms with Crippen molar-refractivity contribution in [3.05, 3.63) is 35.4 Å². The molecule has 4 nitrogen and oxygen atoms in total. The van der Waals surface area contributed by atoms with E-state index in [1.54, 1.807) is 13.0 Å². The molecular weight excluding hydrogens is 266 g/mol. The van der Waals surface area contributed by atoms with Crippen molar-refractivity contribution in [3.63, 3.8) is 0 Å². The van der Waals surface area contributed by atoms with Crippen LogP contribution in [0.2, 0.25) is 0 Å². The first-order valence-electron chi connectivity index (χ1n) is 7.27. The Morgan fingerprint density at radius 1 is 1.19 bits per heavy atom. The molecule has 0 atom stereocenters. The van der Waals surface area contributed by atoms with Gasteiger partial charge in [-0.2, -0.15) is 0 Å². The van der Waals surface area contributed by atoms with Gasteiger partial charge in [0, 0.05) is 11.1 Å². The highest BCUT2D eigenvalue weighted by molar-refractivity contribution is 6.02. The van der Waals surface area contributed by atoms with Gasteiger partial charge in [-0.15, -0.1) is 0 Å². The molecule has 0 spiro atoms. The highest BCUT2D eigenvalue weighted by atomic mass is 16.3. The van der Waals surface area contributed by atoms with Gasteiger partial charge in [0.05, 0.1) is 6.54 Å². The molecule has 0 saturated carbocycles. The van der Waals surface area contributed by atoms with Crippen LogP contribution >= 0.6 is 0 Å². The van der Waals surface area contributed by atoms with Crippen LogP contribution in [0.3, 0.4) is 0 Å². The second-order valence-electron chi connectivity index (χ2n) is 5.71. The fourth-order valence-corrected chi connectivity index (χ4v) is 2.95. The average Bonchev–Trinajstić information content (AvgIpc) is 2.97. The number of nitrogens with zero attached hydrogens (tertiary/aromatic N) is 1. The Morgan fingerprint density at radius 3 is 2.62 bits per heavy atom. The lowest BCUT2D eigenvalue weighted by atomic mass is 9.99. The average molecular weight is 285 g/mol. The molecule has 0 aliphatic carbocycles. The maximum Gasteiger partial charge on any atom is 0.176 e. The third-order valence-electron chi connectivity index (χ3n) is 4.24. The highest BCUT2D eigenvalue weighted by Gasteiger charge is 2.17. The van der Waals surface area contributed by atoms with E-state index < -0.39 is 0 Å². The Labute approximate surface area is 123 Å². The first-order valence-corrected chi connectivity index (χ1v) is 7.27. The van der Waals surface area contributed by atoms with E-state index in [1.807, 2.05) is 12.1 Å². The number of ketones is 1. The zero-order valence-electron chi connectivity index (χ0n) is 12.1. The van der Waals surface area contributed by atoms with Gasteiger partial charge in [0.15, 0.2) is 17.3 Å². The largest absolute Gasteiger partial charge is 0.504 e. The van der Waals surface area contributed by atoms with Crippen LogP contribution in [-0.2, 0) is 0 Å². The van der Waals surface area contributed by atoms with Gasteiger partial charge < -0.3 is 10.2 Å². The minimum Gasteiger partial charge on any atom is -0.504 e. The summed E-state index contributed by atoms with van der Waals surface area (Å²) in [7, 11) is 0. The molecule has 1 heterocycles. The van der Waals surface area contributed by atoms with Gasteiger partial charge in [-0.3, -0.25) is 9.69 Å². The van der Waals surface area contributed by atoms with E-state index >= 15 is 0 Å². The number of likely N-dealkylation sites (tertiary alicyclic amines) is 1. The van der Waals surface area contributed by atoms with Crippen LogP contribution in [0.15, 0.2) is 24.3 Å². The van der Waals surface area contributed by atoms with Gasteiger partial charge in [0.1, 0.15) is 0 Å². The van der Waals surface area contributed by atoms with E-state index in [2.05, 4.69) is 4.90 Å². The van der Waals surface area contributed by atoms with Gasteiger partial charge in [-0.25, -0.2) is 0 Å². The molecule has 0 radical (unpaired) electrons. The zero-order chi connectivity index (χ0) is 15.0. The third kappa shape index (κ3) is 2.59. The Bertz CT molecular complexity index is 703. The first kappa shape index (κ1) is 13.9. The van der Waals surface area contributed by atoms with E-state index in [4.69, 9.17) is 0 Å². The number of hydrogen-bond acceptors (Lipinski definition) is 4. The normalized spacial score (nSPS) is 15.7. The highest BCUT2D eigenvalue weighted by Crippen LogP contribution is 2.35. The lowest BCUT2D eigenvalue weighted by Gasteiger charge is -2.14. The molecule has 1 saturated heterocycles. The number of fused-ring (bicyclic) bond motifs is 1. The lowest BCUT2D eigenvalue weighted by Crippen LogP contribution is -2.26. The summed E-state index contributed by atoms with van der Waals surface area (Å²) in [5.74, 6) is -0.145. The van der Waals surface area contributed by atoms with Crippen molar-refractivity contribution in [3.8, 4) is 11.5 Å². The molecule has 0 bridgehead atoms. The summed E-state index contributed by atoms with van der Waals surface area (Å²) in [5.41, 5.74) is 1.25. The monoisotopic (exact) mass is 285 g/mol. The van der Waals surface area contributed by atoms with Crippen molar-refractivity contribution in [2.45, 2.75) is 19.8 Å². The van der Waals surface area contributed by atoms with E-state index in [1.165, 1.54) is 6.07 Å². The van der Waals surface area contributed by atoms with Crippen LogP contribution in [0.4, 0.5) is 0 Å². The van der Waals surface area contributed by atoms with Crippen LogP contribution < -0.4 is 0 Å². The molecule has 3 rings (SSSR count). The van der Waals surface area contributed by atoms with Crippen molar-refractivity contribution in [2.24, 2.45) is 0 Å². The molecular formula is C17H19NO3. The number of phenolic OH excluding ortho intramolecular Hbond substituents is 2. The topological polar surface area (TPSA) is 60.8 Å². The second kappa shape index (κ2) is 5.37. The maximum absolute atomic E-state index is 12.4. The van der Waals surface area contributed by atoms with Gasteiger partial charge in [-0.1, -0.05) is 12.1 Å². The summed E-state index contributed by atoms with van der Waals surface area (Å²) in [6.45, 7) is 4.18. The number of rotatable bonds is 3. The van der Waals surface area contributed by atoms with E-state index in [0.29, 0.717) is 17.7 Å². The van der Waals surface area contributed by atoms with Gasteiger partial charge in [0.2, 0.25) is 0 Å². The number of aromatic hydroxyl groups is 2. The molecule has 110 valence electrons. The molecule has 2 aromatic carbocycles. The van der Waals surface area contributed by atoms with Gasteiger partial charge in [0.25, 0.3) is 0 Å². The predicted octanol–water partition coefficient (Wildman–Crippen LogP) is 2.84. The smallest absolute Gasteiger partial charge is 0.176 e. The minimum atomic E-state index is -0.129. The number of benzene rings is 2. The summed E-state index contributed by atoms with van der Waals surface area (Å²) < 4.78 is 0. The number of carbonyl (C=O) groups is 1. The standard InChI is InChI=1S/C17H19NO3/c1-11-14-8-13(16(20)10-18-6-2-3-7-18)5-4-12(14)9-15(19)17(11)21/h4-5,8-9,19,21H,2-3,6-7,10H2,1H3. The van der Waals surface area contributed by atoms with Crippen molar-refractivity contribution in [1.82, 2.24) is 4.90 Å². The van der Waals surface area contributed by atoms with Crippen LogP contribution in [0.5, 0.6) is 11.5 Å². The number of Topliss-reactive ketones (excluding diaryl/α,β-unsaturated/α-hetero) is 1. The molecule has 1 aliphatic rings. The van der Waals surface area contributed by atoms with Crippen molar-refractivity contribution >= 4 is 16.6 Å². The number of phenols is 2. The van der Waals surface area contributed by atoms with E-state index in [9.17, 15) is 15.0 Å². The fourth-order valence-electron chi connectivity index (χ4n) is 2.95. The van der Waals surface area contributed by atoms with Crippen LogP contribution in [-0.4, -0.2) is 40.5 Å². The lowest BCUT2D eigenvalue weighted by molar-refractivity contribution is 0.0945. The molecule has 1 fully saturated rings. The fraction of sp³-hybridized carbons (Fsp3) is 0.353. The minimum absolute atomic E-state index is 0.103. The molecule has 2 N–H and O–H groups in total. The summed E-state index contributed by atoms with van der Waals surface area (Å²) in [5, 5.41) is 21.1. The van der Waals surface area contributed by atoms with Crippen molar-refractivity contribution < 1.29 is 15.0 Å². The molecule has 0 amide bonds. The Kier molecular flexibility index (Phi) is 3.55. The predicted molar refractivity (Wildman–Crippen MR) is 82.0 cm³/mol. The quantitative estimate of drug-likeness (QED) is 0.672. The summed E-state index contributed by atoms with van der Waals surface area (Å²) in [4.78, 5) is 14.5. The number of carbonyl (C=O) groups excluding carboxylic acids is 1. The van der Waals surface area contributed by atoms with Crippen molar-refractivity contribution in [1.29, 1.82) is 0 Å². The molecule has 21 heavy (non-hydrogen) atoms. The van der Waals surface area contributed by atoms with Crippen LogP contribution in [0.25, 0.3) is 10.8 Å². The third-order valence-corrected chi connectivity index (χ3v) is 4.24. The Hall–Kier alpha value is -2.07. The second-order valence-corrected chi connectivity index (χ2v) is 5.71. The van der Waals surface area contributed by atoms with Gasteiger partial charge >= 0.3 is 0 Å². The summed E-state index contributed by atoms with van der Waals surface area (Å²) in [6, 6.07) is 6.93. The molecule has 2 aromatic rings. The Morgan fingerprint density at radius 2 is 1.90 bits per heavy atom. The Balaban J connectivity index is 1.94. The summed E-state index contributed by atoms with van der Waals surface area (Å²) in [6.07, 6.45) is 2.33. The zero-order valence-corrected chi connectivity index (χ0v) is 12.1. The van der Waals surface area contributed by atoms with E-state index in [0.717, 1.165) is 36.7 Å². The SMILES string of the molecule is Cc1c(O)c(O)cc2ccc(C(=O)CN3CCCC3)cc12. The number of hydrogen-bond donors (Lipinski definition) is 2. The van der Waals surface area contributed by atoms with Crippen molar-refractivity contribution in [2.75, 3.05) is 19.6 Å². The van der Waals surface area contributed by atoms with Gasteiger partial charge in [-0.05, 0) is 55.8 Å². The first-order chi connectivity index (χ1) is 10.1. The van der Waals surface area contributed by atoms with Crippen LogP contribution in [0, 0.1) is 6.92 Å². The molecule has 0 unspecified atom stereocenters. The summed E-state index contributed by atoms with van der Waals surface area (Å²) >= 11 is 0.